The largest absolute Gasteiger partial charge is 0.334 e. The minimum absolute atomic E-state index is 0.455. The van der Waals surface area contributed by atoms with Gasteiger partial charge in [0.05, 0.1) is 0 Å². The normalized spacial score (nSPS) is 19.1. The van der Waals surface area contributed by atoms with E-state index in [2.05, 4.69) is 12.2 Å². The number of nitrogens with zero attached hydrogens (tertiary/aromatic N) is 1. The lowest BCUT2D eigenvalue weighted by atomic mass is 10.0. The molecular formula is C14H17ClN2O2. The molecule has 102 valence electrons. The number of amides is 2. The Labute approximate surface area is 117 Å². The highest BCUT2D eigenvalue weighted by Gasteiger charge is 2.26. The van der Waals surface area contributed by atoms with Crippen LogP contribution in [0.25, 0.3) is 0 Å². The number of rotatable bonds is 1. The summed E-state index contributed by atoms with van der Waals surface area (Å²) in [6, 6.07) is 6.76. The van der Waals surface area contributed by atoms with Crippen molar-refractivity contribution in [1.29, 1.82) is 0 Å². The molecule has 1 aliphatic rings. The lowest BCUT2D eigenvalue weighted by Gasteiger charge is -2.30. The number of carbonyl (C=O) groups is 2. The van der Waals surface area contributed by atoms with Crippen LogP contribution in [0.1, 0.15) is 19.8 Å². The number of hydrogen-bond acceptors (Lipinski definition) is 2. The number of piperidine rings is 1. The zero-order valence-corrected chi connectivity index (χ0v) is 11.6. The second-order valence-electron chi connectivity index (χ2n) is 4.96. The molecule has 1 N–H and O–H groups in total. The van der Waals surface area contributed by atoms with Gasteiger partial charge >= 0.3 is 11.8 Å². The predicted octanol–water partition coefficient (Wildman–Crippen LogP) is 2.54. The van der Waals surface area contributed by atoms with Gasteiger partial charge in [-0.15, -0.1) is 0 Å². The molecule has 0 aliphatic carbocycles. The third-order valence-electron chi connectivity index (χ3n) is 3.22. The van der Waals surface area contributed by atoms with Gasteiger partial charge in [0.1, 0.15) is 0 Å². The van der Waals surface area contributed by atoms with Gasteiger partial charge in [0.25, 0.3) is 0 Å². The van der Waals surface area contributed by atoms with Gasteiger partial charge in [-0.3, -0.25) is 9.59 Å². The molecule has 1 atom stereocenters. The molecule has 1 fully saturated rings. The number of nitrogens with one attached hydrogen (secondary N) is 1. The molecule has 2 rings (SSSR count). The van der Waals surface area contributed by atoms with Crippen molar-refractivity contribution in [3.8, 4) is 0 Å². The van der Waals surface area contributed by atoms with Crippen LogP contribution in [-0.2, 0) is 9.59 Å². The molecule has 0 radical (unpaired) electrons. The Morgan fingerprint density at radius 3 is 2.89 bits per heavy atom. The molecule has 1 aromatic rings. The Kier molecular flexibility index (Phi) is 4.43. The van der Waals surface area contributed by atoms with Crippen molar-refractivity contribution in [2.24, 2.45) is 5.92 Å². The van der Waals surface area contributed by atoms with E-state index in [0.717, 1.165) is 12.8 Å². The lowest BCUT2D eigenvalue weighted by Crippen LogP contribution is -2.44. The summed E-state index contributed by atoms with van der Waals surface area (Å²) >= 11 is 5.83. The SMILES string of the molecule is CC1CCCN(C(=O)C(=O)Nc2cccc(Cl)c2)C1. The third kappa shape index (κ3) is 3.70. The maximum absolute atomic E-state index is 12.0. The Hall–Kier alpha value is -1.55. The van der Waals surface area contributed by atoms with Crippen LogP contribution in [-0.4, -0.2) is 29.8 Å². The van der Waals surface area contributed by atoms with Crippen LogP contribution in [0, 0.1) is 5.92 Å². The maximum atomic E-state index is 12.0. The highest BCUT2D eigenvalue weighted by molar-refractivity contribution is 6.39. The zero-order valence-electron chi connectivity index (χ0n) is 10.9. The average molecular weight is 281 g/mol. The van der Waals surface area contributed by atoms with Gasteiger partial charge in [-0.2, -0.15) is 0 Å². The van der Waals surface area contributed by atoms with Crippen LogP contribution in [0.2, 0.25) is 5.02 Å². The summed E-state index contributed by atoms with van der Waals surface area (Å²) in [4.78, 5) is 25.5. The Morgan fingerprint density at radius 2 is 2.21 bits per heavy atom. The van der Waals surface area contributed by atoms with Gasteiger partial charge in [-0.05, 0) is 37.0 Å². The van der Waals surface area contributed by atoms with Gasteiger partial charge in [-0.25, -0.2) is 0 Å². The molecule has 19 heavy (non-hydrogen) atoms. The first kappa shape index (κ1) is 13.9. The van der Waals surface area contributed by atoms with Crippen molar-refractivity contribution in [2.45, 2.75) is 19.8 Å². The molecule has 1 aromatic carbocycles. The van der Waals surface area contributed by atoms with Crippen LogP contribution in [0.3, 0.4) is 0 Å². The summed E-state index contributed by atoms with van der Waals surface area (Å²) < 4.78 is 0. The number of halogens is 1. The summed E-state index contributed by atoms with van der Waals surface area (Å²) in [5, 5.41) is 3.10. The number of anilines is 1. The van der Waals surface area contributed by atoms with E-state index in [1.807, 2.05) is 0 Å². The van der Waals surface area contributed by atoms with Crippen LogP contribution in [0.15, 0.2) is 24.3 Å². The summed E-state index contributed by atoms with van der Waals surface area (Å²) in [5.74, 6) is -0.612. The van der Waals surface area contributed by atoms with Crippen LogP contribution in [0.5, 0.6) is 0 Å². The number of benzene rings is 1. The fourth-order valence-corrected chi connectivity index (χ4v) is 2.46. The fraction of sp³-hybridized carbons (Fsp3) is 0.429. The van der Waals surface area contributed by atoms with Gasteiger partial charge in [0, 0.05) is 23.8 Å². The van der Waals surface area contributed by atoms with E-state index in [9.17, 15) is 9.59 Å². The molecule has 0 spiro atoms. The highest BCUT2D eigenvalue weighted by Crippen LogP contribution is 2.17. The molecule has 0 saturated carbocycles. The molecule has 2 amide bonds. The Balaban J connectivity index is 1.97. The molecule has 4 nitrogen and oxygen atoms in total. The van der Waals surface area contributed by atoms with E-state index in [1.54, 1.807) is 29.2 Å². The number of likely N-dealkylation sites (tertiary alicyclic amines) is 1. The molecule has 0 bridgehead atoms. The van der Waals surface area contributed by atoms with Crippen molar-refractivity contribution < 1.29 is 9.59 Å². The minimum Gasteiger partial charge on any atom is -0.334 e. The average Bonchev–Trinajstić information content (AvgIpc) is 2.38. The number of hydrogen-bond donors (Lipinski definition) is 1. The van der Waals surface area contributed by atoms with Crippen molar-refractivity contribution in [2.75, 3.05) is 18.4 Å². The highest BCUT2D eigenvalue weighted by atomic mass is 35.5. The van der Waals surface area contributed by atoms with Gasteiger partial charge in [-0.1, -0.05) is 24.6 Å². The first-order valence-electron chi connectivity index (χ1n) is 6.42. The summed E-state index contributed by atoms with van der Waals surface area (Å²) in [6.07, 6.45) is 2.07. The van der Waals surface area contributed by atoms with Crippen molar-refractivity contribution >= 4 is 29.1 Å². The zero-order chi connectivity index (χ0) is 13.8. The van der Waals surface area contributed by atoms with Crippen molar-refractivity contribution in [3.05, 3.63) is 29.3 Å². The molecule has 5 heteroatoms. The summed E-state index contributed by atoms with van der Waals surface area (Å²) in [5.41, 5.74) is 0.538. The second kappa shape index (κ2) is 6.06. The summed E-state index contributed by atoms with van der Waals surface area (Å²) in [7, 11) is 0. The summed E-state index contributed by atoms with van der Waals surface area (Å²) in [6.45, 7) is 3.41. The third-order valence-corrected chi connectivity index (χ3v) is 3.46. The second-order valence-corrected chi connectivity index (χ2v) is 5.40. The van der Waals surface area contributed by atoms with Gasteiger partial charge < -0.3 is 10.2 Å². The topological polar surface area (TPSA) is 49.4 Å². The number of carbonyl (C=O) groups excluding carboxylic acids is 2. The first-order chi connectivity index (χ1) is 9.06. The Morgan fingerprint density at radius 1 is 1.42 bits per heavy atom. The molecule has 0 aromatic heterocycles. The molecule has 1 heterocycles. The minimum atomic E-state index is -0.601. The molecule has 1 aliphatic heterocycles. The predicted molar refractivity (Wildman–Crippen MR) is 75.1 cm³/mol. The van der Waals surface area contributed by atoms with Crippen LogP contribution < -0.4 is 5.32 Å². The fourth-order valence-electron chi connectivity index (χ4n) is 2.27. The molecular weight excluding hydrogens is 264 g/mol. The quantitative estimate of drug-likeness (QED) is 0.804. The Bertz CT molecular complexity index is 490. The van der Waals surface area contributed by atoms with E-state index in [1.165, 1.54) is 0 Å². The van der Waals surface area contributed by atoms with Crippen molar-refractivity contribution in [3.63, 3.8) is 0 Å². The molecule has 1 saturated heterocycles. The van der Waals surface area contributed by atoms with Crippen LogP contribution >= 0.6 is 11.6 Å². The molecule has 1 unspecified atom stereocenters. The van der Waals surface area contributed by atoms with E-state index in [0.29, 0.717) is 29.7 Å². The van der Waals surface area contributed by atoms with E-state index < -0.39 is 11.8 Å². The monoisotopic (exact) mass is 280 g/mol. The van der Waals surface area contributed by atoms with Gasteiger partial charge in [0.2, 0.25) is 0 Å². The van der Waals surface area contributed by atoms with E-state index in [4.69, 9.17) is 11.6 Å². The van der Waals surface area contributed by atoms with Crippen LogP contribution in [0.4, 0.5) is 5.69 Å². The smallest absolute Gasteiger partial charge is 0.313 e. The van der Waals surface area contributed by atoms with Crippen molar-refractivity contribution in [1.82, 2.24) is 4.90 Å². The standard InChI is InChI=1S/C14H17ClN2O2/c1-10-4-3-7-17(9-10)14(19)13(18)16-12-6-2-5-11(15)8-12/h2,5-6,8,10H,3-4,7,9H2,1H3,(H,16,18). The van der Waals surface area contributed by atoms with Gasteiger partial charge in [0.15, 0.2) is 0 Å². The first-order valence-corrected chi connectivity index (χ1v) is 6.80. The van der Waals surface area contributed by atoms with E-state index in [-0.39, 0.29) is 0 Å². The maximum Gasteiger partial charge on any atom is 0.313 e. The van der Waals surface area contributed by atoms with E-state index >= 15 is 0 Å². The lowest BCUT2D eigenvalue weighted by molar-refractivity contribution is -0.144.